The molecular formula is C23H27N3O7S. The number of hydrogen-bond acceptors (Lipinski definition) is 7. The summed E-state index contributed by atoms with van der Waals surface area (Å²) in [6.07, 6.45) is 3.67. The third-order valence-electron chi connectivity index (χ3n) is 5.29. The lowest BCUT2D eigenvalue weighted by Crippen LogP contribution is -2.43. The maximum Gasteiger partial charge on any atom is 0.338 e. The molecule has 3 rings (SSSR count). The standard InChI is InChI=1S/C23H27N3O7S/c1-32-19-10-6-17(7-11-19)22(28)25-24-21(27)16-33-23(29)18-8-12-20(13-9-18)34(30,31)26-14-4-2-3-5-15-26/h6-13H,2-5,14-16H2,1H3,(H,24,27)(H,25,28). The monoisotopic (exact) mass is 489 g/mol. The summed E-state index contributed by atoms with van der Waals surface area (Å²) in [6, 6.07) is 11.6. The van der Waals surface area contributed by atoms with Gasteiger partial charge in [-0.15, -0.1) is 0 Å². The van der Waals surface area contributed by atoms with Crippen LogP contribution in [0.5, 0.6) is 5.75 Å². The largest absolute Gasteiger partial charge is 0.497 e. The van der Waals surface area contributed by atoms with Crippen LogP contribution in [0.25, 0.3) is 0 Å². The number of esters is 1. The molecule has 10 nitrogen and oxygen atoms in total. The van der Waals surface area contributed by atoms with Crippen LogP contribution in [0, 0.1) is 0 Å². The van der Waals surface area contributed by atoms with Crippen molar-refractivity contribution in [3.63, 3.8) is 0 Å². The summed E-state index contributed by atoms with van der Waals surface area (Å²) in [5.41, 5.74) is 4.77. The van der Waals surface area contributed by atoms with Crippen molar-refractivity contribution < 1.29 is 32.3 Å². The van der Waals surface area contributed by atoms with E-state index < -0.39 is 34.4 Å². The molecule has 0 aliphatic carbocycles. The normalized spacial score (nSPS) is 14.5. The Morgan fingerprint density at radius 3 is 2.03 bits per heavy atom. The van der Waals surface area contributed by atoms with E-state index >= 15 is 0 Å². The number of amides is 2. The van der Waals surface area contributed by atoms with E-state index in [1.807, 2.05) is 0 Å². The van der Waals surface area contributed by atoms with Crippen molar-refractivity contribution in [3.8, 4) is 5.75 Å². The van der Waals surface area contributed by atoms with Gasteiger partial charge < -0.3 is 9.47 Å². The first-order valence-electron chi connectivity index (χ1n) is 10.8. The quantitative estimate of drug-likeness (QED) is 0.448. The van der Waals surface area contributed by atoms with Gasteiger partial charge in [0.1, 0.15) is 5.75 Å². The zero-order chi connectivity index (χ0) is 24.6. The van der Waals surface area contributed by atoms with Crippen LogP contribution in [0.4, 0.5) is 0 Å². The van der Waals surface area contributed by atoms with Crippen LogP contribution < -0.4 is 15.6 Å². The molecule has 0 radical (unpaired) electrons. The number of nitrogens with one attached hydrogen (secondary N) is 2. The average Bonchev–Trinajstić information content (AvgIpc) is 3.16. The van der Waals surface area contributed by atoms with Gasteiger partial charge in [-0.1, -0.05) is 12.8 Å². The summed E-state index contributed by atoms with van der Waals surface area (Å²) in [5, 5.41) is 0. The fourth-order valence-electron chi connectivity index (χ4n) is 3.39. The van der Waals surface area contributed by atoms with Crippen molar-refractivity contribution in [1.82, 2.24) is 15.2 Å². The van der Waals surface area contributed by atoms with Crippen LogP contribution in [-0.4, -0.2) is 57.3 Å². The Morgan fingerprint density at radius 1 is 0.853 bits per heavy atom. The molecule has 0 saturated carbocycles. The summed E-state index contributed by atoms with van der Waals surface area (Å²) in [5.74, 6) is -1.51. The van der Waals surface area contributed by atoms with Crippen LogP contribution in [0.2, 0.25) is 0 Å². The topological polar surface area (TPSA) is 131 Å². The highest BCUT2D eigenvalue weighted by Gasteiger charge is 2.25. The minimum atomic E-state index is -3.63. The van der Waals surface area contributed by atoms with E-state index in [1.54, 1.807) is 12.1 Å². The maximum atomic E-state index is 12.8. The second kappa shape index (κ2) is 11.6. The average molecular weight is 490 g/mol. The molecule has 2 amide bonds. The molecule has 1 heterocycles. The van der Waals surface area contributed by atoms with E-state index in [0.717, 1.165) is 25.7 Å². The van der Waals surface area contributed by atoms with Crippen LogP contribution in [-0.2, 0) is 19.6 Å². The number of carbonyl (C=O) groups is 3. The predicted octanol–water partition coefficient (Wildman–Crippen LogP) is 1.88. The molecule has 34 heavy (non-hydrogen) atoms. The summed E-state index contributed by atoms with van der Waals surface area (Å²) in [7, 11) is -2.12. The second-order valence-corrected chi connectivity index (χ2v) is 9.59. The van der Waals surface area contributed by atoms with Gasteiger partial charge in [-0.2, -0.15) is 4.31 Å². The van der Waals surface area contributed by atoms with Gasteiger partial charge in [0.2, 0.25) is 10.0 Å². The SMILES string of the molecule is COc1ccc(C(=O)NNC(=O)COC(=O)c2ccc(S(=O)(=O)N3CCCCCC3)cc2)cc1. The molecule has 1 aliphatic heterocycles. The van der Waals surface area contributed by atoms with Crippen molar-refractivity contribution in [2.24, 2.45) is 0 Å². The van der Waals surface area contributed by atoms with E-state index in [4.69, 9.17) is 9.47 Å². The summed E-state index contributed by atoms with van der Waals surface area (Å²) < 4.78 is 37.0. The number of hydrazine groups is 1. The van der Waals surface area contributed by atoms with Crippen LogP contribution >= 0.6 is 0 Å². The minimum absolute atomic E-state index is 0.102. The van der Waals surface area contributed by atoms with Crippen LogP contribution in [0.15, 0.2) is 53.4 Å². The molecule has 2 aromatic carbocycles. The molecule has 2 N–H and O–H groups in total. The summed E-state index contributed by atoms with van der Waals surface area (Å²) in [4.78, 5) is 36.2. The molecule has 0 atom stereocenters. The van der Waals surface area contributed by atoms with Gasteiger partial charge in [0.25, 0.3) is 11.8 Å². The first kappa shape index (κ1) is 25.2. The first-order chi connectivity index (χ1) is 16.3. The summed E-state index contributed by atoms with van der Waals surface area (Å²) in [6.45, 7) is 0.335. The highest BCUT2D eigenvalue weighted by molar-refractivity contribution is 7.89. The van der Waals surface area contributed by atoms with Crippen molar-refractivity contribution >= 4 is 27.8 Å². The lowest BCUT2D eigenvalue weighted by Gasteiger charge is -2.19. The number of benzene rings is 2. The molecule has 182 valence electrons. The molecule has 1 fully saturated rings. The number of rotatable bonds is 7. The van der Waals surface area contributed by atoms with Gasteiger partial charge in [-0.25, -0.2) is 13.2 Å². The number of hydrogen-bond donors (Lipinski definition) is 2. The lowest BCUT2D eigenvalue weighted by molar-refractivity contribution is -0.125. The molecule has 11 heteroatoms. The van der Waals surface area contributed by atoms with Gasteiger partial charge in [0.05, 0.1) is 17.6 Å². The number of nitrogens with zero attached hydrogens (tertiary/aromatic N) is 1. The van der Waals surface area contributed by atoms with E-state index in [0.29, 0.717) is 24.4 Å². The zero-order valence-corrected chi connectivity index (χ0v) is 19.6. The van der Waals surface area contributed by atoms with Gasteiger partial charge >= 0.3 is 5.97 Å². The smallest absolute Gasteiger partial charge is 0.338 e. The maximum absolute atomic E-state index is 12.8. The number of methoxy groups -OCH3 is 1. The number of ether oxygens (including phenoxy) is 2. The lowest BCUT2D eigenvalue weighted by atomic mass is 10.2. The van der Waals surface area contributed by atoms with Crippen LogP contribution in [0.1, 0.15) is 46.4 Å². The number of sulfonamides is 1. The fraction of sp³-hybridized carbons (Fsp3) is 0.348. The highest BCUT2D eigenvalue weighted by atomic mass is 32.2. The fourth-order valence-corrected chi connectivity index (χ4v) is 4.90. The minimum Gasteiger partial charge on any atom is -0.497 e. The first-order valence-corrected chi connectivity index (χ1v) is 12.3. The third kappa shape index (κ3) is 6.55. The van der Waals surface area contributed by atoms with E-state index in [-0.39, 0.29) is 10.5 Å². The van der Waals surface area contributed by atoms with Crippen LogP contribution in [0.3, 0.4) is 0 Å². The summed E-state index contributed by atoms with van der Waals surface area (Å²) >= 11 is 0. The Kier molecular flexibility index (Phi) is 8.61. The van der Waals surface area contributed by atoms with Gasteiger partial charge in [0.15, 0.2) is 6.61 Å². The Balaban J connectivity index is 1.48. The molecule has 2 aromatic rings. The highest BCUT2D eigenvalue weighted by Crippen LogP contribution is 2.21. The van der Waals surface area contributed by atoms with Crippen molar-refractivity contribution in [3.05, 3.63) is 59.7 Å². The van der Waals surface area contributed by atoms with E-state index in [1.165, 1.54) is 47.8 Å². The molecule has 1 aliphatic rings. The van der Waals surface area contributed by atoms with Crippen molar-refractivity contribution in [2.75, 3.05) is 26.8 Å². The van der Waals surface area contributed by atoms with E-state index in [2.05, 4.69) is 10.9 Å². The molecule has 0 unspecified atom stereocenters. The Hall–Kier alpha value is -3.44. The third-order valence-corrected chi connectivity index (χ3v) is 7.21. The molecular weight excluding hydrogens is 462 g/mol. The molecule has 0 bridgehead atoms. The molecule has 0 spiro atoms. The Bertz CT molecular complexity index is 1110. The Morgan fingerprint density at radius 2 is 1.44 bits per heavy atom. The van der Waals surface area contributed by atoms with Crippen molar-refractivity contribution in [2.45, 2.75) is 30.6 Å². The zero-order valence-electron chi connectivity index (χ0n) is 18.8. The van der Waals surface area contributed by atoms with E-state index in [9.17, 15) is 22.8 Å². The van der Waals surface area contributed by atoms with Gasteiger partial charge in [-0.3, -0.25) is 20.4 Å². The molecule has 0 aromatic heterocycles. The van der Waals surface area contributed by atoms with Crippen molar-refractivity contribution in [1.29, 1.82) is 0 Å². The van der Waals surface area contributed by atoms with Gasteiger partial charge in [0, 0.05) is 18.7 Å². The predicted molar refractivity (Wildman–Crippen MR) is 123 cm³/mol. The molecule has 1 saturated heterocycles. The number of carbonyl (C=O) groups excluding carboxylic acids is 3. The Labute approximate surface area is 198 Å². The van der Waals surface area contributed by atoms with Gasteiger partial charge in [-0.05, 0) is 61.4 Å². The second-order valence-electron chi connectivity index (χ2n) is 7.65.